The van der Waals surface area contributed by atoms with Gasteiger partial charge in [-0.3, -0.25) is 9.59 Å². The predicted molar refractivity (Wildman–Crippen MR) is 66.6 cm³/mol. The Bertz CT molecular complexity index is 281. The SMILES string of the molecule is CC(C)(CO)[C@H](O)C(=O)NCCC(=O)NCCN. The molecule has 0 fully saturated rings. The van der Waals surface area contributed by atoms with Gasteiger partial charge < -0.3 is 26.6 Å². The third-order valence-electron chi connectivity index (χ3n) is 2.51. The van der Waals surface area contributed by atoms with Crippen molar-refractivity contribution in [3.05, 3.63) is 0 Å². The Balaban J connectivity index is 3.94. The second-order valence-corrected chi connectivity index (χ2v) is 4.73. The molecule has 1 atom stereocenters. The molecule has 106 valence electrons. The summed E-state index contributed by atoms with van der Waals surface area (Å²) in [6.45, 7) is 3.73. The Morgan fingerprint density at radius 1 is 1.28 bits per heavy atom. The summed E-state index contributed by atoms with van der Waals surface area (Å²) in [7, 11) is 0. The number of aliphatic hydroxyl groups excluding tert-OH is 2. The van der Waals surface area contributed by atoms with Crippen LogP contribution in [0.2, 0.25) is 0 Å². The lowest BCUT2D eigenvalue weighted by atomic mass is 9.87. The van der Waals surface area contributed by atoms with Crippen molar-refractivity contribution in [3.63, 3.8) is 0 Å². The molecule has 0 unspecified atom stereocenters. The lowest BCUT2D eigenvalue weighted by Crippen LogP contribution is -2.46. The minimum Gasteiger partial charge on any atom is -0.396 e. The Hall–Kier alpha value is -1.18. The molecule has 0 spiro atoms. The van der Waals surface area contributed by atoms with Crippen LogP contribution in [0.5, 0.6) is 0 Å². The van der Waals surface area contributed by atoms with Crippen LogP contribution in [-0.2, 0) is 9.59 Å². The van der Waals surface area contributed by atoms with Gasteiger partial charge in [-0.15, -0.1) is 0 Å². The van der Waals surface area contributed by atoms with E-state index in [-0.39, 0.29) is 25.5 Å². The molecule has 0 radical (unpaired) electrons. The van der Waals surface area contributed by atoms with E-state index >= 15 is 0 Å². The van der Waals surface area contributed by atoms with Gasteiger partial charge in [0, 0.05) is 31.5 Å². The van der Waals surface area contributed by atoms with Crippen LogP contribution >= 0.6 is 0 Å². The van der Waals surface area contributed by atoms with Crippen molar-refractivity contribution in [2.75, 3.05) is 26.2 Å². The van der Waals surface area contributed by atoms with E-state index in [1.165, 1.54) is 0 Å². The maximum absolute atomic E-state index is 11.5. The van der Waals surface area contributed by atoms with Gasteiger partial charge in [0.05, 0.1) is 6.61 Å². The number of nitrogens with two attached hydrogens (primary N) is 1. The van der Waals surface area contributed by atoms with Crippen LogP contribution in [0.4, 0.5) is 0 Å². The predicted octanol–water partition coefficient (Wildman–Crippen LogP) is -2.05. The molecule has 6 N–H and O–H groups in total. The number of hydrogen-bond donors (Lipinski definition) is 5. The number of aliphatic hydroxyl groups is 2. The van der Waals surface area contributed by atoms with Crippen molar-refractivity contribution in [2.45, 2.75) is 26.4 Å². The summed E-state index contributed by atoms with van der Waals surface area (Å²) in [5, 5.41) is 23.7. The minimum atomic E-state index is -1.31. The van der Waals surface area contributed by atoms with Crippen molar-refractivity contribution in [1.82, 2.24) is 10.6 Å². The fourth-order valence-electron chi connectivity index (χ4n) is 1.14. The number of carbonyl (C=O) groups is 2. The topological polar surface area (TPSA) is 125 Å². The van der Waals surface area contributed by atoms with E-state index in [1.54, 1.807) is 13.8 Å². The van der Waals surface area contributed by atoms with E-state index in [0.717, 1.165) is 0 Å². The number of amides is 2. The molecule has 2 amide bonds. The van der Waals surface area contributed by atoms with Gasteiger partial charge in [-0.25, -0.2) is 0 Å². The maximum Gasteiger partial charge on any atom is 0.249 e. The van der Waals surface area contributed by atoms with Crippen LogP contribution in [0, 0.1) is 5.41 Å². The van der Waals surface area contributed by atoms with Gasteiger partial charge in [-0.2, -0.15) is 0 Å². The molecule has 0 aliphatic heterocycles. The summed E-state index contributed by atoms with van der Waals surface area (Å²) in [6, 6.07) is 0. The minimum absolute atomic E-state index is 0.123. The fourth-order valence-corrected chi connectivity index (χ4v) is 1.14. The highest BCUT2D eigenvalue weighted by Gasteiger charge is 2.32. The highest BCUT2D eigenvalue weighted by molar-refractivity contribution is 5.82. The van der Waals surface area contributed by atoms with Crippen LogP contribution < -0.4 is 16.4 Å². The van der Waals surface area contributed by atoms with E-state index in [0.29, 0.717) is 13.1 Å². The molecule has 0 bridgehead atoms. The molecule has 0 aliphatic rings. The van der Waals surface area contributed by atoms with Gasteiger partial charge in [0.15, 0.2) is 0 Å². The van der Waals surface area contributed by atoms with Crippen LogP contribution in [0.3, 0.4) is 0 Å². The Morgan fingerprint density at radius 3 is 2.39 bits per heavy atom. The largest absolute Gasteiger partial charge is 0.396 e. The van der Waals surface area contributed by atoms with Crippen LogP contribution in [0.1, 0.15) is 20.3 Å². The molecular formula is C11H23N3O4. The summed E-state index contributed by atoms with van der Waals surface area (Å²) < 4.78 is 0. The number of nitrogens with one attached hydrogen (secondary N) is 2. The zero-order valence-electron chi connectivity index (χ0n) is 10.9. The standard InChI is InChI=1S/C11H23N3O4/c1-11(2,7-15)9(17)10(18)14-5-3-8(16)13-6-4-12/h9,15,17H,3-7,12H2,1-2H3,(H,13,16)(H,14,18)/t9-/m1/s1. The third kappa shape index (κ3) is 5.95. The molecule has 0 aromatic rings. The van der Waals surface area contributed by atoms with Gasteiger partial charge in [-0.1, -0.05) is 13.8 Å². The average Bonchev–Trinajstić information content (AvgIpc) is 2.35. The van der Waals surface area contributed by atoms with Crippen LogP contribution in [0.25, 0.3) is 0 Å². The average molecular weight is 261 g/mol. The molecule has 7 heteroatoms. The van der Waals surface area contributed by atoms with Gasteiger partial charge in [0.1, 0.15) is 6.10 Å². The Morgan fingerprint density at radius 2 is 1.89 bits per heavy atom. The summed E-state index contributed by atoms with van der Waals surface area (Å²) >= 11 is 0. The Kier molecular flexibility index (Phi) is 7.49. The van der Waals surface area contributed by atoms with Gasteiger partial charge in [0.25, 0.3) is 0 Å². The van der Waals surface area contributed by atoms with E-state index in [2.05, 4.69) is 10.6 Å². The normalized spacial score (nSPS) is 12.9. The Labute approximate surface area is 107 Å². The summed E-state index contributed by atoms with van der Waals surface area (Å²) in [6.07, 6.45) is -1.19. The second kappa shape index (κ2) is 8.02. The van der Waals surface area contributed by atoms with Crippen molar-refractivity contribution in [2.24, 2.45) is 11.1 Å². The first-order chi connectivity index (χ1) is 8.35. The van der Waals surface area contributed by atoms with Crippen molar-refractivity contribution < 1.29 is 19.8 Å². The molecule has 0 aromatic heterocycles. The first-order valence-corrected chi connectivity index (χ1v) is 5.88. The van der Waals surface area contributed by atoms with Crippen molar-refractivity contribution in [1.29, 1.82) is 0 Å². The van der Waals surface area contributed by atoms with Crippen molar-refractivity contribution >= 4 is 11.8 Å². The molecule has 0 aromatic carbocycles. The molecule has 0 rings (SSSR count). The number of carbonyl (C=O) groups excluding carboxylic acids is 2. The monoisotopic (exact) mass is 261 g/mol. The fraction of sp³-hybridized carbons (Fsp3) is 0.818. The molecule has 0 saturated carbocycles. The highest BCUT2D eigenvalue weighted by Crippen LogP contribution is 2.19. The summed E-state index contributed by atoms with van der Waals surface area (Å²) in [5.74, 6) is -0.808. The molecule has 0 heterocycles. The smallest absolute Gasteiger partial charge is 0.249 e. The van der Waals surface area contributed by atoms with Gasteiger partial charge in [-0.05, 0) is 0 Å². The zero-order chi connectivity index (χ0) is 14.2. The van der Waals surface area contributed by atoms with Crippen LogP contribution in [0.15, 0.2) is 0 Å². The molecule has 18 heavy (non-hydrogen) atoms. The zero-order valence-corrected chi connectivity index (χ0v) is 10.9. The first-order valence-electron chi connectivity index (χ1n) is 5.88. The molecule has 0 aliphatic carbocycles. The van der Waals surface area contributed by atoms with Crippen molar-refractivity contribution in [3.8, 4) is 0 Å². The molecule has 7 nitrogen and oxygen atoms in total. The van der Waals surface area contributed by atoms with E-state index in [1.807, 2.05) is 0 Å². The summed E-state index contributed by atoms with van der Waals surface area (Å²) in [5.41, 5.74) is 4.30. The number of rotatable bonds is 8. The quantitative estimate of drug-likeness (QED) is 0.344. The van der Waals surface area contributed by atoms with E-state index in [4.69, 9.17) is 10.8 Å². The van der Waals surface area contributed by atoms with E-state index < -0.39 is 17.4 Å². The maximum atomic E-state index is 11.5. The first kappa shape index (κ1) is 16.8. The molecule has 0 saturated heterocycles. The lowest BCUT2D eigenvalue weighted by Gasteiger charge is -2.27. The third-order valence-corrected chi connectivity index (χ3v) is 2.51. The lowest BCUT2D eigenvalue weighted by molar-refractivity contribution is -0.137. The molecular weight excluding hydrogens is 238 g/mol. The van der Waals surface area contributed by atoms with Gasteiger partial charge >= 0.3 is 0 Å². The highest BCUT2D eigenvalue weighted by atomic mass is 16.3. The number of hydrogen-bond acceptors (Lipinski definition) is 5. The van der Waals surface area contributed by atoms with Gasteiger partial charge in [0.2, 0.25) is 11.8 Å². The summed E-state index contributed by atoms with van der Waals surface area (Å²) in [4.78, 5) is 22.7. The van der Waals surface area contributed by atoms with Crippen LogP contribution in [-0.4, -0.2) is 54.4 Å². The second-order valence-electron chi connectivity index (χ2n) is 4.73. The van der Waals surface area contributed by atoms with E-state index in [9.17, 15) is 14.7 Å².